The minimum absolute atomic E-state index is 0.101. The molecule has 4 nitrogen and oxygen atoms in total. The van der Waals surface area contributed by atoms with Gasteiger partial charge in [0.1, 0.15) is 6.79 Å². The van der Waals surface area contributed by atoms with Crippen LogP contribution >= 0.6 is 11.6 Å². The Morgan fingerprint density at radius 2 is 2.17 bits per heavy atom. The number of carbonyl (C=O) groups excluding carboxylic acids is 1. The average molecular weight is 194 g/mol. The van der Waals surface area contributed by atoms with Gasteiger partial charge in [-0.25, -0.2) is 0 Å². The van der Waals surface area contributed by atoms with E-state index in [2.05, 4.69) is 5.32 Å². The van der Waals surface area contributed by atoms with Crippen molar-refractivity contribution in [2.24, 2.45) is 0 Å². The summed E-state index contributed by atoms with van der Waals surface area (Å²) in [5.74, 6) is -0.101. The lowest BCUT2D eigenvalue weighted by atomic mass is 10.2. The molecule has 1 aliphatic heterocycles. The monoisotopic (exact) mass is 193 g/mol. The molecule has 1 fully saturated rings. The molecule has 1 N–H and O–H groups in total. The molecule has 2 unspecified atom stereocenters. The second-order valence-electron chi connectivity index (χ2n) is 2.68. The van der Waals surface area contributed by atoms with Crippen molar-refractivity contribution in [1.82, 2.24) is 5.32 Å². The number of hydrogen-bond donors (Lipinski definition) is 1. The molecule has 70 valence electrons. The number of hydrogen-bond acceptors (Lipinski definition) is 3. The van der Waals surface area contributed by atoms with Gasteiger partial charge in [-0.3, -0.25) is 4.79 Å². The molecule has 0 radical (unpaired) electrons. The van der Waals surface area contributed by atoms with Crippen LogP contribution in [0.3, 0.4) is 0 Å². The molecule has 0 aliphatic carbocycles. The molecule has 0 aromatic rings. The number of rotatable bonds is 1. The summed E-state index contributed by atoms with van der Waals surface area (Å²) in [6.07, 6.45) is 0. The first-order chi connectivity index (χ1) is 5.70. The third kappa shape index (κ3) is 2.97. The highest BCUT2D eigenvalue weighted by molar-refractivity contribution is 6.21. The molecule has 0 spiro atoms. The maximum absolute atomic E-state index is 10.7. The fourth-order valence-electron chi connectivity index (χ4n) is 1.01. The first-order valence-electron chi connectivity index (χ1n) is 3.77. The summed E-state index contributed by atoms with van der Waals surface area (Å²) in [5.41, 5.74) is 0. The van der Waals surface area contributed by atoms with Crippen molar-refractivity contribution in [2.75, 3.05) is 20.0 Å². The fourth-order valence-corrected chi connectivity index (χ4v) is 1.23. The minimum atomic E-state index is -0.212. The Hall–Kier alpha value is -0.320. The van der Waals surface area contributed by atoms with Crippen LogP contribution in [0.15, 0.2) is 0 Å². The van der Waals surface area contributed by atoms with E-state index in [9.17, 15) is 4.79 Å². The van der Waals surface area contributed by atoms with Crippen molar-refractivity contribution in [3.8, 4) is 0 Å². The number of carbonyl (C=O) groups is 1. The van der Waals surface area contributed by atoms with Crippen molar-refractivity contribution < 1.29 is 14.3 Å². The van der Waals surface area contributed by atoms with Gasteiger partial charge in [-0.2, -0.15) is 0 Å². The van der Waals surface area contributed by atoms with Crippen LogP contribution in [0.2, 0.25) is 0 Å². The summed E-state index contributed by atoms with van der Waals surface area (Å²) in [7, 11) is 0. The van der Waals surface area contributed by atoms with Crippen LogP contribution in [0.4, 0.5) is 0 Å². The van der Waals surface area contributed by atoms with Gasteiger partial charge in [0.2, 0.25) is 5.91 Å². The highest BCUT2D eigenvalue weighted by Gasteiger charge is 2.23. The molecule has 1 rings (SSSR count). The van der Waals surface area contributed by atoms with E-state index < -0.39 is 0 Å². The molecular formula is C7H12ClNO3. The fraction of sp³-hybridized carbons (Fsp3) is 0.857. The number of halogens is 1. The van der Waals surface area contributed by atoms with E-state index in [-0.39, 0.29) is 24.1 Å². The zero-order valence-electron chi connectivity index (χ0n) is 6.88. The first kappa shape index (κ1) is 9.77. The topological polar surface area (TPSA) is 47.6 Å². The smallest absolute Gasteiger partial charge is 0.217 e. The molecule has 0 saturated carbocycles. The predicted molar refractivity (Wildman–Crippen MR) is 44.0 cm³/mol. The Morgan fingerprint density at radius 1 is 1.50 bits per heavy atom. The molecule has 1 heterocycles. The standard InChI is InChI=1S/C7H12ClNO3/c1-5(10)9-7-3-12-4-11-2-6(7)8/h6-7H,2-4H2,1H3,(H,9,10). The number of ether oxygens (including phenoxy) is 2. The van der Waals surface area contributed by atoms with Crippen molar-refractivity contribution in [3.63, 3.8) is 0 Å². The summed E-state index contributed by atoms with van der Waals surface area (Å²) in [6.45, 7) is 2.52. The van der Waals surface area contributed by atoms with Crippen LogP contribution in [0.5, 0.6) is 0 Å². The highest BCUT2D eigenvalue weighted by Crippen LogP contribution is 2.08. The zero-order chi connectivity index (χ0) is 8.97. The van der Waals surface area contributed by atoms with Gasteiger partial charge >= 0.3 is 0 Å². The second kappa shape index (κ2) is 4.64. The normalized spacial score (nSPS) is 30.8. The van der Waals surface area contributed by atoms with Gasteiger partial charge in [0.05, 0.1) is 24.6 Å². The maximum Gasteiger partial charge on any atom is 0.217 e. The number of nitrogens with one attached hydrogen (secondary N) is 1. The first-order valence-corrected chi connectivity index (χ1v) is 4.20. The Morgan fingerprint density at radius 3 is 2.83 bits per heavy atom. The molecule has 1 amide bonds. The van der Waals surface area contributed by atoms with Crippen LogP contribution in [0, 0.1) is 0 Å². The average Bonchev–Trinajstić information content (AvgIpc) is 2.16. The predicted octanol–water partition coefficient (Wildman–Crippen LogP) is 0.103. The van der Waals surface area contributed by atoms with Crippen molar-refractivity contribution in [2.45, 2.75) is 18.3 Å². The summed E-state index contributed by atoms with van der Waals surface area (Å²) >= 11 is 5.91. The lowest BCUT2D eigenvalue weighted by Gasteiger charge is -2.18. The summed E-state index contributed by atoms with van der Waals surface area (Å²) in [6, 6.07) is -0.147. The van der Waals surface area contributed by atoms with Gasteiger partial charge in [0.25, 0.3) is 0 Å². The zero-order valence-corrected chi connectivity index (χ0v) is 7.63. The van der Waals surface area contributed by atoms with Crippen LogP contribution in [0.1, 0.15) is 6.92 Å². The van der Waals surface area contributed by atoms with E-state index in [1.165, 1.54) is 6.92 Å². The van der Waals surface area contributed by atoms with Crippen LogP contribution in [-0.2, 0) is 14.3 Å². The Balaban J connectivity index is 2.41. The minimum Gasteiger partial charge on any atom is -0.354 e. The molecule has 2 atom stereocenters. The van der Waals surface area contributed by atoms with E-state index >= 15 is 0 Å². The van der Waals surface area contributed by atoms with E-state index in [0.717, 1.165) is 0 Å². The highest BCUT2D eigenvalue weighted by atomic mass is 35.5. The summed E-state index contributed by atoms with van der Waals surface area (Å²) in [5, 5.41) is 2.48. The van der Waals surface area contributed by atoms with Gasteiger partial charge < -0.3 is 14.8 Å². The quantitative estimate of drug-likeness (QED) is 0.601. The van der Waals surface area contributed by atoms with Crippen LogP contribution in [0.25, 0.3) is 0 Å². The van der Waals surface area contributed by atoms with Gasteiger partial charge in [-0.15, -0.1) is 11.6 Å². The summed E-state index contributed by atoms with van der Waals surface area (Å²) in [4.78, 5) is 10.7. The van der Waals surface area contributed by atoms with Gasteiger partial charge in [0.15, 0.2) is 0 Å². The van der Waals surface area contributed by atoms with Gasteiger partial charge in [-0.05, 0) is 0 Å². The van der Waals surface area contributed by atoms with Crippen LogP contribution < -0.4 is 5.32 Å². The Labute approximate surface area is 76.2 Å². The third-order valence-electron chi connectivity index (χ3n) is 1.57. The Bertz CT molecular complexity index is 165. The van der Waals surface area contributed by atoms with Gasteiger partial charge in [0, 0.05) is 6.92 Å². The van der Waals surface area contributed by atoms with Crippen molar-refractivity contribution in [3.05, 3.63) is 0 Å². The molecule has 12 heavy (non-hydrogen) atoms. The molecule has 0 aromatic heterocycles. The SMILES string of the molecule is CC(=O)NC1COCOCC1Cl. The molecule has 1 aliphatic rings. The lowest BCUT2D eigenvalue weighted by Crippen LogP contribution is -2.43. The van der Waals surface area contributed by atoms with Crippen molar-refractivity contribution in [1.29, 1.82) is 0 Å². The van der Waals surface area contributed by atoms with E-state index in [4.69, 9.17) is 21.1 Å². The third-order valence-corrected chi connectivity index (χ3v) is 2.00. The van der Waals surface area contributed by atoms with Gasteiger partial charge in [-0.1, -0.05) is 0 Å². The molecule has 0 aromatic carbocycles. The number of alkyl halides is 1. The van der Waals surface area contributed by atoms with E-state index in [0.29, 0.717) is 13.2 Å². The summed E-state index contributed by atoms with van der Waals surface area (Å²) < 4.78 is 10.1. The molecule has 5 heteroatoms. The van der Waals surface area contributed by atoms with Crippen LogP contribution in [-0.4, -0.2) is 37.3 Å². The number of amides is 1. The van der Waals surface area contributed by atoms with Crippen molar-refractivity contribution >= 4 is 17.5 Å². The molecular weight excluding hydrogens is 182 g/mol. The Kier molecular flexibility index (Phi) is 3.78. The lowest BCUT2D eigenvalue weighted by molar-refractivity contribution is -0.120. The molecule has 1 saturated heterocycles. The maximum atomic E-state index is 10.7. The second-order valence-corrected chi connectivity index (χ2v) is 3.24. The molecule has 0 bridgehead atoms. The largest absolute Gasteiger partial charge is 0.354 e. The van der Waals surface area contributed by atoms with E-state index in [1.807, 2.05) is 0 Å². The van der Waals surface area contributed by atoms with E-state index in [1.54, 1.807) is 0 Å².